The van der Waals surface area contributed by atoms with Crippen LogP contribution in [0.3, 0.4) is 0 Å². The van der Waals surface area contributed by atoms with E-state index < -0.39 is 16.9 Å². The molecule has 0 bridgehead atoms. The van der Waals surface area contributed by atoms with Crippen molar-refractivity contribution >= 4 is 16.9 Å². The molecule has 4 nitrogen and oxygen atoms in total. The van der Waals surface area contributed by atoms with E-state index in [1.165, 1.54) is 0 Å². The Hall–Kier alpha value is -1.36. The van der Waals surface area contributed by atoms with Gasteiger partial charge in [-0.2, -0.15) is 0 Å². The normalized spacial score (nSPS) is 11.8. The summed E-state index contributed by atoms with van der Waals surface area (Å²) in [5.41, 5.74) is 0. The van der Waals surface area contributed by atoms with Gasteiger partial charge >= 0.3 is 6.09 Å². The van der Waals surface area contributed by atoms with Crippen molar-refractivity contribution in [1.29, 1.82) is 0 Å². The third kappa shape index (κ3) is 4.93. The van der Waals surface area contributed by atoms with Gasteiger partial charge in [-0.15, -0.1) is 0 Å². The highest BCUT2D eigenvalue weighted by Gasteiger charge is 2.03. The van der Waals surface area contributed by atoms with Crippen LogP contribution in [0.1, 0.15) is 6.92 Å². The molecule has 1 aromatic carbocycles. The molecule has 88 valence electrons. The van der Waals surface area contributed by atoms with E-state index in [2.05, 4.69) is 5.32 Å². The van der Waals surface area contributed by atoms with Crippen molar-refractivity contribution in [3.8, 4) is 5.75 Å². The maximum atomic E-state index is 11.2. The molecule has 0 aliphatic heterocycles. The average molecular weight is 241 g/mol. The van der Waals surface area contributed by atoms with Crippen LogP contribution in [0, 0.1) is 0 Å². The van der Waals surface area contributed by atoms with E-state index in [1.54, 1.807) is 24.3 Å². The Balaban J connectivity index is 2.24. The average Bonchev–Trinajstić information content (AvgIpc) is 2.30. The van der Waals surface area contributed by atoms with E-state index >= 15 is 0 Å². The molecule has 16 heavy (non-hydrogen) atoms. The second-order valence-corrected chi connectivity index (χ2v) is 4.93. The highest BCUT2D eigenvalue weighted by molar-refractivity contribution is 7.84. The van der Waals surface area contributed by atoms with E-state index in [-0.39, 0.29) is 0 Å². The summed E-state index contributed by atoms with van der Waals surface area (Å²) in [6.45, 7) is 2.21. The third-order valence-corrected chi connectivity index (χ3v) is 3.18. The molecule has 0 fully saturated rings. The number of carbonyl (C=O) groups excluding carboxylic acids is 1. The summed E-state index contributed by atoms with van der Waals surface area (Å²) in [7, 11) is -0.860. The molecule has 1 rings (SSSR count). The lowest BCUT2D eigenvalue weighted by atomic mass is 10.3. The number of amides is 1. The lowest BCUT2D eigenvalue weighted by molar-refractivity contribution is 0.201. The summed E-state index contributed by atoms with van der Waals surface area (Å²) in [4.78, 5) is 11.2. The second-order valence-electron chi connectivity index (χ2n) is 3.06. The molecular formula is C11H15NO3S. The zero-order chi connectivity index (χ0) is 11.8. The Labute approximate surface area is 97.5 Å². The largest absolute Gasteiger partial charge is 0.412 e. The number of para-hydroxylation sites is 1. The number of benzene rings is 1. The van der Waals surface area contributed by atoms with Gasteiger partial charge < -0.3 is 10.1 Å². The van der Waals surface area contributed by atoms with Gasteiger partial charge in [-0.05, 0) is 12.1 Å². The maximum Gasteiger partial charge on any atom is 0.412 e. The van der Waals surface area contributed by atoms with Crippen LogP contribution in [0.4, 0.5) is 4.79 Å². The van der Waals surface area contributed by atoms with Crippen LogP contribution in [0.25, 0.3) is 0 Å². The van der Waals surface area contributed by atoms with Crippen molar-refractivity contribution in [2.75, 3.05) is 18.1 Å². The molecule has 0 heterocycles. The molecule has 1 atom stereocenters. The zero-order valence-electron chi connectivity index (χ0n) is 9.14. The Morgan fingerprint density at radius 3 is 2.69 bits per heavy atom. The first kappa shape index (κ1) is 12.7. The van der Waals surface area contributed by atoms with Gasteiger partial charge in [0.25, 0.3) is 0 Å². The van der Waals surface area contributed by atoms with Crippen molar-refractivity contribution in [2.45, 2.75) is 6.92 Å². The minimum Gasteiger partial charge on any atom is -0.410 e. The monoisotopic (exact) mass is 241 g/mol. The number of rotatable bonds is 5. The van der Waals surface area contributed by atoms with Crippen molar-refractivity contribution in [3.63, 3.8) is 0 Å². The number of hydrogen-bond acceptors (Lipinski definition) is 3. The quantitative estimate of drug-likeness (QED) is 0.850. The summed E-state index contributed by atoms with van der Waals surface area (Å²) in [6.07, 6.45) is -0.515. The van der Waals surface area contributed by atoms with Crippen molar-refractivity contribution in [1.82, 2.24) is 5.32 Å². The topological polar surface area (TPSA) is 55.4 Å². The van der Waals surface area contributed by atoms with Crippen LogP contribution >= 0.6 is 0 Å². The fraction of sp³-hybridized carbons (Fsp3) is 0.364. The summed E-state index contributed by atoms with van der Waals surface area (Å²) in [6, 6.07) is 8.81. The smallest absolute Gasteiger partial charge is 0.410 e. The zero-order valence-corrected chi connectivity index (χ0v) is 9.96. The number of ether oxygens (including phenoxy) is 1. The fourth-order valence-corrected chi connectivity index (χ4v) is 1.66. The number of hydrogen-bond donors (Lipinski definition) is 1. The van der Waals surface area contributed by atoms with Crippen LogP contribution in [0.15, 0.2) is 30.3 Å². The summed E-state index contributed by atoms with van der Waals surface area (Å²) in [5.74, 6) is 1.56. The molecule has 0 saturated heterocycles. The minimum absolute atomic E-state index is 0.367. The van der Waals surface area contributed by atoms with Gasteiger partial charge in [0.2, 0.25) is 0 Å². The maximum absolute atomic E-state index is 11.2. The molecule has 1 aromatic rings. The number of carbonyl (C=O) groups is 1. The molecule has 5 heteroatoms. The Morgan fingerprint density at radius 2 is 2.06 bits per heavy atom. The molecule has 0 aromatic heterocycles. The van der Waals surface area contributed by atoms with Gasteiger partial charge in [-0.1, -0.05) is 25.1 Å². The van der Waals surface area contributed by atoms with E-state index in [0.717, 1.165) is 0 Å². The van der Waals surface area contributed by atoms with Crippen LogP contribution in [0.5, 0.6) is 5.75 Å². The van der Waals surface area contributed by atoms with Crippen molar-refractivity contribution < 1.29 is 13.7 Å². The Kier molecular flexibility index (Phi) is 5.56. The lowest BCUT2D eigenvalue weighted by Gasteiger charge is -2.05. The van der Waals surface area contributed by atoms with Gasteiger partial charge in [0.15, 0.2) is 0 Å². The third-order valence-electron chi connectivity index (χ3n) is 1.87. The second kappa shape index (κ2) is 7.00. The lowest BCUT2D eigenvalue weighted by Crippen LogP contribution is -2.30. The molecule has 1 unspecified atom stereocenters. The minimum atomic E-state index is -0.860. The summed E-state index contributed by atoms with van der Waals surface area (Å²) >= 11 is 0. The molecule has 1 N–H and O–H groups in total. The van der Waals surface area contributed by atoms with Gasteiger partial charge in [0, 0.05) is 28.9 Å². The number of nitrogens with one attached hydrogen (secondary N) is 1. The molecule has 0 radical (unpaired) electrons. The first-order valence-corrected chi connectivity index (χ1v) is 6.57. The van der Waals surface area contributed by atoms with E-state index in [9.17, 15) is 9.00 Å². The van der Waals surface area contributed by atoms with Gasteiger partial charge in [-0.3, -0.25) is 4.21 Å². The van der Waals surface area contributed by atoms with E-state index in [0.29, 0.717) is 23.8 Å². The fourth-order valence-electron chi connectivity index (χ4n) is 1.04. The van der Waals surface area contributed by atoms with Crippen LogP contribution in [-0.2, 0) is 10.8 Å². The first-order valence-electron chi connectivity index (χ1n) is 5.08. The molecule has 0 spiro atoms. The van der Waals surface area contributed by atoms with Gasteiger partial charge in [-0.25, -0.2) is 4.79 Å². The van der Waals surface area contributed by atoms with Crippen molar-refractivity contribution in [3.05, 3.63) is 30.3 Å². The van der Waals surface area contributed by atoms with Crippen LogP contribution < -0.4 is 10.1 Å². The standard InChI is InChI=1S/C11H15NO3S/c1-2-16(14)9-8-12-11(13)15-10-6-4-3-5-7-10/h3-7H,2,8-9H2,1H3,(H,12,13). The van der Waals surface area contributed by atoms with Crippen LogP contribution in [0.2, 0.25) is 0 Å². The molecule has 0 aliphatic carbocycles. The van der Waals surface area contributed by atoms with Gasteiger partial charge in [0.1, 0.15) is 5.75 Å². The van der Waals surface area contributed by atoms with E-state index in [1.807, 2.05) is 13.0 Å². The Bertz CT molecular complexity index is 354. The highest BCUT2D eigenvalue weighted by atomic mass is 32.2. The molecule has 1 amide bonds. The highest BCUT2D eigenvalue weighted by Crippen LogP contribution is 2.07. The summed E-state index contributed by atoms with van der Waals surface area (Å²) in [5, 5.41) is 2.54. The van der Waals surface area contributed by atoms with Gasteiger partial charge in [0.05, 0.1) is 0 Å². The van der Waals surface area contributed by atoms with Crippen LogP contribution in [-0.4, -0.2) is 28.4 Å². The van der Waals surface area contributed by atoms with Crippen molar-refractivity contribution in [2.24, 2.45) is 0 Å². The first-order chi connectivity index (χ1) is 7.72. The molecule has 0 saturated carbocycles. The molecular weight excluding hydrogens is 226 g/mol. The molecule has 0 aliphatic rings. The predicted molar refractivity (Wildman–Crippen MR) is 64.0 cm³/mol. The van der Waals surface area contributed by atoms with E-state index in [4.69, 9.17) is 4.74 Å². The SMILES string of the molecule is CCS(=O)CCNC(=O)Oc1ccccc1. The summed E-state index contributed by atoms with van der Waals surface area (Å²) < 4.78 is 16.1. The Morgan fingerprint density at radius 1 is 1.38 bits per heavy atom. The predicted octanol–water partition coefficient (Wildman–Crippen LogP) is 1.54.